The summed E-state index contributed by atoms with van der Waals surface area (Å²) in [7, 11) is 1.79. The molecular formula is C19H25FN4O. The first-order valence-electron chi connectivity index (χ1n) is 8.78. The Hall–Kier alpha value is -2.21. The Morgan fingerprint density at radius 2 is 2.04 bits per heavy atom. The minimum absolute atomic E-state index is 0.174. The zero-order chi connectivity index (χ0) is 18.0. The van der Waals surface area contributed by atoms with Gasteiger partial charge in [0.05, 0.1) is 5.69 Å². The molecule has 1 aliphatic heterocycles. The Bertz CT molecular complexity index is 765. The van der Waals surface area contributed by atoms with Crippen molar-refractivity contribution in [1.29, 1.82) is 0 Å². The lowest BCUT2D eigenvalue weighted by molar-refractivity contribution is 0.0934. The fraction of sp³-hybridized carbons (Fsp3) is 0.474. The number of carbonyl (C=O) groups excluding carboxylic acids is 1. The van der Waals surface area contributed by atoms with Crippen LogP contribution in [0.15, 0.2) is 24.3 Å². The Balaban J connectivity index is 1.68. The van der Waals surface area contributed by atoms with Crippen molar-refractivity contribution in [3.05, 3.63) is 41.3 Å². The predicted molar refractivity (Wildman–Crippen MR) is 95.9 cm³/mol. The summed E-state index contributed by atoms with van der Waals surface area (Å²) in [6.45, 7) is 6.68. The van der Waals surface area contributed by atoms with Crippen molar-refractivity contribution in [3.63, 3.8) is 0 Å². The monoisotopic (exact) mass is 344 g/mol. The smallest absolute Gasteiger partial charge is 0.271 e. The molecule has 5 nitrogen and oxygen atoms in total. The van der Waals surface area contributed by atoms with Gasteiger partial charge in [0.2, 0.25) is 0 Å². The highest BCUT2D eigenvalue weighted by Crippen LogP contribution is 2.22. The van der Waals surface area contributed by atoms with E-state index < -0.39 is 0 Å². The molecule has 1 N–H and O–H groups in total. The van der Waals surface area contributed by atoms with Gasteiger partial charge in [-0.25, -0.2) is 4.39 Å². The number of hydrogen-bond acceptors (Lipinski definition) is 3. The SMILES string of the molecule is Cc1cc(-c2cc(C(=O)NCC(C)N3CCCC3)nn2C)ccc1F. The van der Waals surface area contributed by atoms with Gasteiger partial charge in [-0.05, 0) is 69.6 Å². The number of likely N-dealkylation sites (tertiary alicyclic amines) is 1. The largest absolute Gasteiger partial charge is 0.349 e. The molecule has 1 aliphatic rings. The molecule has 1 aromatic heterocycles. The van der Waals surface area contributed by atoms with Crippen LogP contribution in [-0.2, 0) is 7.05 Å². The molecule has 6 heteroatoms. The van der Waals surface area contributed by atoms with Crippen LogP contribution in [-0.4, -0.2) is 46.3 Å². The number of carbonyl (C=O) groups is 1. The standard InChI is InChI=1S/C19H25FN4O/c1-13-10-15(6-7-16(13)20)18-11-17(22-23(18)3)19(25)21-12-14(2)24-8-4-5-9-24/h6-7,10-11,14H,4-5,8-9,12H2,1-3H3,(H,21,25). The van der Waals surface area contributed by atoms with E-state index in [2.05, 4.69) is 22.2 Å². The van der Waals surface area contributed by atoms with Crippen LogP contribution in [0.25, 0.3) is 11.3 Å². The van der Waals surface area contributed by atoms with Crippen molar-refractivity contribution in [2.45, 2.75) is 32.7 Å². The van der Waals surface area contributed by atoms with Crippen molar-refractivity contribution >= 4 is 5.91 Å². The normalized spacial score (nSPS) is 16.2. The van der Waals surface area contributed by atoms with Gasteiger partial charge < -0.3 is 5.32 Å². The summed E-state index contributed by atoms with van der Waals surface area (Å²) >= 11 is 0. The molecule has 1 amide bonds. The highest BCUT2D eigenvalue weighted by Gasteiger charge is 2.20. The van der Waals surface area contributed by atoms with Crippen LogP contribution < -0.4 is 5.32 Å². The second kappa shape index (κ2) is 7.35. The lowest BCUT2D eigenvalue weighted by atomic mass is 10.1. The van der Waals surface area contributed by atoms with Gasteiger partial charge in [0.1, 0.15) is 5.82 Å². The van der Waals surface area contributed by atoms with Crippen LogP contribution in [0.3, 0.4) is 0 Å². The summed E-state index contributed by atoms with van der Waals surface area (Å²) in [6, 6.07) is 6.99. The zero-order valence-electron chi connectivity index (χ0n) is 15.1. The number of aromatic nitrogens is 2. The van der Waals surface area contributed by atoms with Crippen LogP contribution in [0, 0.1) is 12.7 Å². The summed E-state index contributed by atoms with van der Waals surface area (Å²) in [5.41, 5.74) is 2.59. The molecule has 1 fully saturated rings. The summed E-state index contributed by atoms with van der Waals surface area (Å²) in [5.74, 6) is -0.411. The maximum absolute atomic E-state index is 13.5. The second-order valence-electron chi connectivity index (χ2n) is 6.80. The number of hydrogen-bond donors (Lipinski definition) is 1. The average Bonchev–Trinajstić information content (AvgIpc) is 3.24. The number of benzene rings is 1. The molecule has 0 aliphatic carbocycles. The third kappa shape index (κ3) is 3.90. The van der Waals surface area contributed by atoms with Gasteiger partial charge in [-0.1, -0.05) is 0 Å². The Morgan fingerprint density at radius 1 is 1.32 bits per heavy atom. The molecule has 0 spiro atoms. The minimum Gasteiger partial charge on any atom is -0.349 e. The average molecular weight is 344 g/mol. The van der Waals surface area contributed by atoms with E-state index in [0.29, 0.717) is 23.8 Å². The Kier molecular flexibility index (Phi) is 5.18. The number of amides is 1. The van der Waals surface area contributed by atoms with Crippen LogP contribution in [0.2, 0.25) is 0 Å². The number of rotatable bonds is 5. The van der Waals surface area contributed by atoms with Gasteiger partial charge in [-0.3, -0.25) is 14.4 Å². The van der Waals surface area contributed by atoms with Crippen LogP contribution in [0.5, 0.6) is 0 Å². The quantitative estimate of drug-likeness (QED) is 0.907. The summed E-state index contributed by atoms with van der Waals surface area (Å²) in [5, 5.41) is 7.28. The molecule has 1 atom stereocenters. The van der Waals surface area contributed by atoms with Crippen molar-refractivity contribution < 1.29 is 9.18 Å². The van der Waals surface area contributed by atoms with E-state index in [-0.39, 0.29) is 11.7 Å². The Labute approximate surface area is 147 Å². The molecule has 3 rings (SSSR count). The van der Waals surface area contributed by atoms with Crippen molar-refractivity contribution in [2.75, 3.05) is 19.6 Å². The first-order valence-corrected chi connectivity index (χ1v) is 8.78. The second-order valence-corrected chi connectivity index (χ2v) is 6.80. The molecule has 1 aromatic carbocycles. The number of halogens is 1. The van der Waals surface area contributed by atoms with E-state index in [4.69, 9.17) is 0 Å². The summed E-state index contributed by atoms with van der Waals surface area (Å²) in [6.07, 6.45) is 2.47. The molecule has 0 saturated carbocycles. The fourth-order valence-corrected chi connectivity index (χ4v) is 3.29. The molecule has 1 saturated heterocycles. The topological polar surface area (TPSA) is 50.2 Å². The van der Waals surface area contributed by atoms with E-state index in [9.17, 15) is 9.18 Å². The first kappa shape index (κ1) is 17.6. The van der Waals surface area contributed by atoms with Crippen molar-refractivity contribution in [2.24, 2.45) is 7.05 Å². The van der Waals surface area contributed by atoms with Gasteiger partial charge >= 0.3 is 0 Å². The Morgan fingerprint density at radius 3 is 2.72 bits per heavy atom. The molecule has 134 valence electrons. The molecular weight excluding hydrogens is 319 g/mol. The van der Waals surface area contributed by atoms with Gasteiger partial charge in [0.15, 0.2) is 5.69 Å². The van der Waals surface area contributed by atoms with Gasteiger partial charge in [-0.15, -0.1) is 0 Å². The van der Waals surface area contributed by atoms with E-state index in [1.54, 1.807) is 36.9 Å². The van der Waals surface area contributed by atoms with Gasteiger partial charge in [0.25, 0.3) is 5.91 Å². The summed E-state index contributed by atoms with van der Waals surface area (Å²) < 4.78 is 15.1. The molecule has 0 bridgehead atoms. The molecule has 0 radical (unpaired) electrons. The van der Waals surface area contributed by atoms with Crippen LogP contribution >= 0.6 is 0 Å². The van der Waals surface area contributed by atoms with Crippen molar-refractivity contribution in [1.82, 2.24) is 20.0 Å². The van der Waals surface area contributed by atoms with E-state index in [0.717, 1.165) is 24.3 Å². The third-order valence-corrected chi connectivity index (χ3v) is 4.89. The number of nitrogens with one attached hydrogen (secondary N) is 1. The van der Waals surface area contributed by atoms with E-state index >= 15 is 0 Å². The molecule has 25 heavy (non-hydrogen) atoms. The maximum Gasteiger partial charge on any atom is 0.271 e. The lowest BCUT2D eigenvalue weighted by Gasteiger charge is -2.23. The van der Waals surface area contributed by atoms with E-state index in [1.807, 2.05) is 0 Å². The highest BCUT2D eigenvalue weighted by atomic mass is 19.1. The highest BCUT2D eigenvalue weighted by molar-refractivity contribution is 5.93. The summed E-state index contributed by atoms with van der Waals surface area (Å²) in [4.78, 5) is 14.8. The fourth-order valence-electron chi connectivity index (χ4n) is 3.29. The van der Waals surface area contributed by atoms with Crippen LogP contribution in [0.4, 0.5) is 4.39 Å². The zero-order valence-corrected chi connectivity index (χ0v) is 15.1. The van der Waals surface area contributed by atoms with Gasteiger partial charge in [-0.2, -0.15) is 5.10 Å². The van der Waals surface area contributed by atoms with Crippen molar-refractivity contribution in [3.8, 4) is 11.3 Å². The number of nitrogens with zero attached hydrogens (tertiary/aromatic N) is 3. The predicted octanol–water partition coefficient (Wildman–Crippen LogP) is 2.75. The van der Waals surface area contributed by atoms with E-state index in [1.165, 1.54) is 18.9 Å². The van der Waals surface area contributed by atoms with Crippen LogP contribution in [0.1, 0.15) is 35.8 Å². The number of aryl methyl sites for hydroxylation is 2. The molecule has 2 heterocycles. The maximum atomic E-state index is 13.5. The molecule has 1 unspecified atom stereocenters. The first-order chi connectivity index (χ1) is 12.0. The minimum atomic E-state index is -0.236. The molecule has 2 aromatic rings. The van der Waals surface area contributed by atoms with Gasteiger partial charge in [0, 0.05) is 25.2 Å². The lowest BCUT2D eigenvalue weighted by Crippen LogP contribution is -2.40. The third-order valence-electron chi connectivity index (χ3n) is 4.89.